The van der Waals surface area contributed by atoms with Crippen molar-refractivity contribution in [1.82, 2.24) is 16.0 Å². The van der Waals surface area contributed by atoms with Gasteiger partial charge in [-0.25, -0.2) is 4.99 Å². The summed E-state index contributed by atoms with van der Waals surface area (Å²) in [7, 11) is 0. The normalized spacial score (nSPS) is 12.2. The number of aliphatic imine (C=N–C) groups is 1. The highest BCUT2D eigenvalue weighted by Crippen LogP contribution is 1.97. The highest BCUT2D eigenvalue weighted by Gasteiger charge is 2.13. The van der Waals surface area contributed by atoms with Crippen molar-refractivity contribution in [3.8, 4) is 0 Å². The number of nitrogens with one attached hydrogen (secondary N) is 3. The van der Waals surface area contributed by atoms with Gasteiger partial charge in [0.15, 0.2) is 5.96 Å². The summed E-state index contributed by atoms with van der Waals surface area (Å²) in [6, 6.07) is 0. The minimum atomic E-state index is -0.229. The molecule has 3 N–H and O–H groups in total. The molecule has 6 heteroatoms. The number of rotatable bonds is 7. The van der Waals surface area contributed by atoms with Crippen LogP contribution in [0.15, 0.2) is 4.99 Å². The molecule has 0 atom stereocenters. The molecule has 0 spiro atoms. The molecule has 19 heavy (non-hydrogen) atoms. The van der Waals surface area contributed by atoms with Gasteiger partial charge in [0, 0.05) is 25.2 Å². The van der Waals surface area contributed by atoms with Crippen LogP contribution < -0.4 is 16.0 Å². The zero-order valence-corrected chi connectivity index (χ0v) is 12.8. The molecule has 1 amide bonds. The van der Waals surface area contributed by atoms with E-state index in [4.69, 9.17) is 4.74 Å². The van der Waals surface area contributed by atoms with Crippen LogP contribution in [0.3, 0.4) is 0 Å². The first-order valence-electron chi connectivity index (χ1n) is 6.80. The van der Waals surface area contributed by atoms with Crippen molar-refractivity contribution >= 4 is 11.9 Å². The van der Waals surface area contributed by atoms with E-state index >= 15 is 0 Å². The molecule has 0 aromatic rings. The predicted octanol–water partition coefficient (Wildman–Crippen LogP) is 0.493. The zero-order valence-electron chi connectivity index (χ0n) is 12.8. The molecule has 0 aromatic heterocycles. The lowest BCUT2D eigenvalue weighted by atomic mass is 10.1. The first kappa shape index (κ1) is 17.7. The lowest BCUT2D eigenvalue weighted by Gasteiger charge is -2.20. The van der Waals surface area contributed by atoms with Gasteiger partial charge in [-0.3, -0.25) is 4.79 Å². The van der Waals surface area contributed by atoms with Crippen molar-refractivity contribution in [3.05, 3.63) is 0 Å². The molecule has 0 saturated carbocycles. The van der Waals surface area contributed by atoms with E-state index in [1.165, 1.54) is 0 Å². The van der Waals surface area contributed by atoms with Crippen LogP contribution in [0.1, 0.15) is 34.6 Å². The first-order valence-corrected chi connectivity index (χ1v) is 6.80. The molecule has 0 aliphatic heterocycles. The van der Waals surface area contributed by atoms with Crippen LogP contribution in [-0.4, -0.2) is 50.3 Å². The van der Waals surface area contributed by atoms with Crippen LogP contribution in [-0.2, 0) is 9.53 Å². The van der Waals surface area contributed by atoms with Gasteiger partial charge in [-0.1, -0.05) is 0 Å². The number of carbonyl (C=O) groups is 1. The van der Waals surface area contributed by atoms with Crippen molar-refractivity contribution in [3.63, 3.8) is 0 Å². The number of ether oxygens (including phenoxy) is 1. The number of hydrogen-bond acceptors (Lipinski definition) is 3. The van der Waals surface area contributed by atoms with E-state index in [0.29, 0.717) is 25.7 Å². The fourth-order valence-corrected chi connectivity index (χ4v) is 1.34. The summed E-state index contributed by atoms with van der Waals surface area (Å²) in [6.07, 6.45) is 0. The molecule has 0 rings (SSSR count). The molecule has 0 unspecified atom stereocenters. The van der Waals surface area contributed by atoms with Gasteiger partial charge < -0.3 is 20.7 Å². The van der Waals surface area contributed by atoms with E-state index < -0.39 is 0 Å². The highest BCUT2D eigenvalue weighted by molar-refractivity contribution is 5.85. The van der Waals surface area contributed by atoms with Gasteiger partial charge in [0.25, 0.3) is 0 Å². The first-order chi connectivity index (χ1) is 8.89. The Kier molecular flexibility index (Phi) is 8.95. The average Bonchev–Trinajstić information content (AvgIpc) is 2.29. The van der Waals surface area contributed by atoms with Gasteiger partial charge in [0.1, 0.15) is 6.54 Å². The van der Waals surface area contributed by atoms with Gasteiger partial charge in [0.05, 0.1) is 6.61 Å². The van der Waals surface area contributed by atoms with Crippen LogP contribution in [0, 0.1) is 0 Å². The maximum absolute atomic E-state index is 11.6. The largest absolute Gasteiger partial charge is 0.380 e. The van der Waals surface area contributed by atoms with Crippen molar-refractivity contribution in [2.45, 2.75) is 40.2 Å². The Morgan fingerprint density at radius 1 is 1.21 bits per heavy atom. The van der Waals surface area contributed by atoms with Crippen LogP contribution >= 0.6 is 0 Å². The van der Waals surface area contributed by atoms with Gasteiger partial charge in [-0.2, -0.15) is 0 Å². The SMILES string of the molecule is CCNC(=NCC(=O)NC(C)(C)C)NCCOCC. The summed E-state index contributed by atoms with van der Waals surface area (Å²) >= 11 is 0. The molecule has 6 nitrogen and oxygen atoms in total. The molecule has 0 bridgehead atoms. The van der Waals surface area contributed by atoms with Gasteiger partial charge in [-0.05, 0) is 34.6 Å². The minimum absolute atomic E-state index is 0.0884. The van der Waals surface area contributed by atoms with Crippen molar-refractivity contribution in [1.29, 1.82) is 0 Å². The number of amides is 1. The summed E-state index contributed by atoms with van der Waals surface area (Å²) < 4.78 is 5.23. The van der Waals surface area contributed by atoms with Crippen LogP contribution in [0.5, 0.6) is 0 Å². The smallest absolute Gasteiger partial charge is 0.242 e. The molecule has 0 radical (unpaired) electrons. The van der Waals surface area contributed by atoms with Crippen molar-refractivity contribution in [2.24, 2.45) is 4.99 Å². The van der Waals surface area contributed by atoms with Gasteiger partial charge in [-0.15, -0.1) is 0 Å². The second kappa shape index (κ2) is 9.61. The second-order valence-electron chi connectivity index (χ2n) is 5.12. The van der Waals surface area contributed by atoms with E-state index in [1.807, 2.05) is 34.6 Å². The molecule has 0 aliphatic rings. The molecule has 112 valence electrons. The highest BCUT2D eigenvalue weighted by atomic mass is 16.5. The zero-order chi connectivity index (χ0) is 14.7. The predicted molar refractivity (Wildman–Crippen MR) is 78.4 cm³/mol. The van der Waals surface area contributed by atoms with Gasteiger partial charge in [0.2, 0.25) is 5.91 Å². The molecule has 0 saturated heterocycles. The van der Waals surface area contributed by atoms with E-state index in [2.05, 4.69) is 20.9 Å². The standard InChI is InChI=1S/C13H28N4O2/c1-6-14-12(15-8-9-19-7-2)16-10-11(18)17-13(3,4)5/h6-10H2,1-5H3,(H,17,18)(H2,14,15,16). The molecule has 0 heterocycles. The summed E-state index contributed by atoms with van der Waals surface area (Å²) in [5, 5.41) is 9.06. The van der Waals surface area contributed by atoms with Crippen molar-refractivity contribution < 1.29 is 9.53 Å². The summed E-state index contributed by atoms with van der Waals surface area (Å²) in [4.78, 5) is 15.9. The molecule has 0 aliphatic carbocycles. The quantitative estimate of drug-likeness (QED) is 0.358. The third kappa shape index (κ3) is 11.5. The average molecular weight is 272 g/mol. The van der Waals surface area contributed by atoms with Gasteiger partial charge >= 0.3 is 0 Å². The van der Waals surface area contributed by atoms with E-state index in [-0.39, 0.29) is 18.0 Å². The molecule has 0 fully saturated rings. The van der Waals surface area contributed by atoms with Crippen LogP contribution in [0.25, 0.3) is 0 Å². The topological polar surface area (TPSA) is 74.8 Å². The Morgan fingerprint density at radius 3 is 2.42 bits per heavy atom. The van der Waals surface area contributed by atoms with E-state index in [9.17, 15) is 4.79 Å². The van der Waals surface area contributed by atoms with E-state index in [0.717, 1.165) is 6.54 Å². The minimum Gasteiger partial charge on any atom is -0.380 e. The Hall–Kier alpha value is -1.30. The summed E-state index contributed by atoms with van der Waals surface area (Å²) in [6.45, 7) is 12.6. The molecule has 0 aromatic carbocycles. The lowest BCUT2D eigenvalue weighted by Crippen LogP contribution is -2.43. The fourth-order valence-electron chi connectivity index (χ4n) is 1.34. The summed E-state index contributed by atoms with van der Waals surface area (Å²) in [5.41, 5.74) is -0.229. The van der Waals surface area contributed by atoms with E-state index in [1.54, 1.807) is 0 Å². The monoisotopic (exact) mass is 272 g/mol. The van der Waals surface area contributed by atoms with Crippen LogP contribution in [0.4, 0.5) is 0 Å². The lowest BCUT2D eigenvalue weighted by molar-refractivity contribution is -0.121. The Morgan fingerprint density at radius 2 is 1.89 bits per heavy atom. The van der Waals surface area contributed by atoms with Crippen LogP contribution in [0.2, 0.25) is 0 Å². The van der Waals surface area contributed by atoms with Crippen molar-refractivity contribution in [2.75, 3.05) is 32.8 Å². The Balaban J connectivity index is 4.14. The molecular weight excluding hydrogens is 244 g/mol. The number of guanidine groups is 1. The Bertz CT molecular complexity index is 285. The molecular formula is C13H28N4O2. The Labute approximate surface area is 116 Å². The summed E-state index contributed by atoms with van der Waals surface area (Å²) in [5.74, 6) is 0.542. The maximum Gasteiger partial charge on any atom is 0.242 e. The fraction of sp³-hybridized carbons (Fsp3) is 0.846. The second-order valence-corrected chi connectivity index (χ2v) is 5.12. The maximum atomic E-state index is 11.6. The third-order valence-corrected chi connectivity index (χ3v) is 1.98. The number of hydrogen-bond donors (Lipinski definition) is 3. The third-order valence-electron chi connectivity index (χ3n) is 1.98. The number of nitrogens with zero attached hydrogens (tertiary/aromatic N) is 1. The number of carbonyl (C=O) groups excluding carboxylic acids is 1.